The molecule has 0 aliphatic heterocycles. The molecule has 9 heteroatoms. The Labute approximate surface area is 120 Å². The molecular weight excluding hydrogens is 316 g/mol. The van der Waals surface area contributed by atoms with Gasteiger partial charge in [0.15, 0.2) is 23.3 Å². The van der Waals surface area contributed by atoms with Crippen molar-refractivity contribution in [3.8, 4) is 0 Å². The second-order valence-electron chi connectivity index (χ2n) is 3.86. The second kappa shape index (κ2) is 5.57. The fourth-order valence-corrected chi connectivity index (χ4v) is 1.86. The van der Waals surface area contributed by atoms with Crippen molar-refractivity contribution in [2.45, 2.75) is 0 Å². The van der Waals surface area contributed by atoms with Crippen LogP contribution in [0.4, 0.5) is 34.6 Å². The van der Waals surface area contributed by atoms with Gasteiger partial charge in [-0.3, -0.25) is 10.1 Å². The van der Waals surface area contributed by atoms with Crippen LogP contribution < -0.4 is 5.32 Å². The Hall–Kier alpha value is -2.35. The lowest BCUT2D eigenvalue weighted by Gasteiger charge is -2.10. The first-order chi connectivity index (χ1) is 9.82. The number of nitrogens with one attached hydrogen (secondary N) is 1. The molecule has 0 heterocycles. The molecule has 2 rings (SSSR count). The Bertz CT molecular complexity index is 713. The predicted octanol–water partition coefficient (Wildman–Crippen LogP) is 4.55. The van der Waals surface area contributed by atoms with Crippen molar-refractivity contribution in [1.29, 1.82) is 0 Å². The lowest BCUT2D eigenvalue weighted by molar-refractivity contribution is -0.383. The highest BCUT2D eigenvalue weighted by atomic mass is 35.5. The van der Waals surface area contributed by atoms with Crippen LogP contribution in [0.5, 0.6) is 0 Å². The summed E-state index contributed by atoms with van der Waals surface area (Å²) in [6.45, 7) is 0. The zero-order valence-corrected chi connectivity index (χ0v) is 10.7. The Morgan fingerprint density at radius 3 is 2.19 bits per heavy atom. The number of para-hydroxylation sites is 1. The van der Waals surface area contributed by atoms with E-state index in [9.17, 15) is 27.7 Å². The number of nitro groups is 1. The van der Waals surface area contributed by atoms with Gasteiger partial charge in [0.05, 0.1) is 4.92 Å². The van der Waals surface area contributed by atoms with Gasteiger partial charge in [-0.25, -0.2) is 17.6 Å². The summed E-state index contributed by atoms with van der Waals surface area (Å²) in [5.41, 5.74) is -2.27. The van der Waals surface area contributed by atoms with Crippen molar-refractivity contribution in [2.24, 2.45) is 0 Å². The van der Waals surface area contributed by atoms with Gasteiger partial charge in [-0.15, -0.1) is 0 Å². The zero-order chi connectivity index (χ0) is 15.7. The van der Waals surface area contributed by atoms with E-state index >= 15 is 0 Å². The van der Waals surface area contributed by atoms with Gasteiger partial charge in [0.1, 0.15) is 16.4 Å². The summed E-state index contributed by atoms with van der Waals surface area (Å²) in [5.74, 6) is -6.69. The minimum Gasteiger partial charge on any atom is -0.345 e. The predicted molar refractivity (Wildman–Crippen MR) is 67.7 cm³/mol. The number of hydrogen-bond donors (Lipinski definition) is 1. The van der Waals surface area contributed by atoms with Gasteiger partial charge in [0, 0.05) is 6.07 Å². The Balaban J connectivity index is 2.59. The molecule has 2 aromatic rings. The summed E-state index contributed by atoms with van der Waals surface area (Å²) in [6.07, 6.45) is 0. The van der Waals surface area contributed by atoms with E-state index in [0.717, 1.165) is 6.07 Å². The van der Waals surface area contributed by atoms with Gasteiger partial charge in [-0.1, -0.05) is 17.7 Å². The number of benzene rings is 2. The molecule has 0 saturated carbocycles. The van der Waals surface area contributed by atoms with Crippen LogP contribution in [0, 0.1) is 33.4 Å². The smallest absolute Gasteiger partial charge is 0.311 e. The molecule has 0 atom stereocenters. The van der Waals surface area contributed by atoms with E-state index in [-0.39, 0.29) is 11.1 Å². The second-order valence-corrected chi connectivity index (χ2v) is 4.27. The number of hydrogen-bond acceptors (Lipinski definition) is 3. The monoisotopic (exact) mass is 320 g/mol. The summed E-state index contributed by atoms with van der Waals surface area (Å²) < 4.78 is 53.2. The third kappa shape index (κ3) is 2.75. The first-order valence-electron chi connectivity index (χ1n) is 5.36. The van der Waals surface area contributed by atoms with Crippen molar-refractivity contribution in [3.05, 3.63) is 62.7 Å². The van der Waals surface area contributed by atoms with Crippen LogP contribution in [-0.2, 0) is 0 Å². The van der Waals surface area contributed by atoms with Crippen molar-refractivity contribution in [1.82, 2.24) is 0 Å². The standard InChI is InChI=1S/C12H5ClF4N2O2/c13-5-2-1-3-8(12(5)19(20)21)18-11-9(16)6(14)4-7(15)10(11)17/h1-4,18H. The van der Waals surface area contributed by atoms with E-state index in [2.05, 4.69) is 0 Å². The molecule has 0 aromatic heterocycles. The van der Waals surface area contributed by atoms with Crippen molar-refractivity contribution in [3.63, 3.8) is 0 Å². The molecule has 0 radical (unpaired) electrons. The summed E-state index contributed by atoms with van der Waals surface area (Å²) in [5, 5.41) is 12.5. The summed E-state index contributed by atoms with van der Waals surface area (Å²) in [6, 6.07) is 3.57. The molecule has 0 amide bonds. The molecule has 4 nitrogen and oxygen atoms in total. The van der Waals surface area contributed by atoms with E-state index in [4.69, 9.17) is 11.6 Å². The van der Waals surface area contributed by atoms with Crippen LogP contribution in [0.25, 0.3) is 0 Å². The van der Waals surface area contributed by atoms with Crippen molar-refractivity contribution in [2.75, 3.05) is 5.32 Å². The molecule has 0 unspecified atom stereocenters. The Morgan fingerprint density at radius 2 is 1.67 bits per heavy atom. The third-order valence-electron chi connectivity index (χ3n) is 2.54. The molecule has 0 spiro atoms. The zero-order valence-electron chi connectivity index (χ0n) is 9.96. The Morgan fingerprint density at radius 1 is 1.10 bits per heavy atom. The third-order valence-corrected chi connectivity index (χ3v) is 2.85. The first kappa shape index (κ1) is 15.0. The van der Waals surface area contributed by atoms with Crippen LogP contribution in [0.2, 0.25) is 5.02 Å². The van der Waals surface area contributed by atoms with Crippen molar-refractivity contribution >= 4 is 28.7 Å². The van der Waals surface area contributed by atoms with E-state index in [1.807, 2.05) is 5.32 Å². The van der Waals surface area contributed by atoms with Crippen LogP contribution in [0.3, 0.4) is 0 Å². The fourth-order valence-electron chi connectivity index (χ4n) is 1.62. The minimum atomic E-state index is -1.71. The molecule has 21 heavy (non-hydrogen) atoms. The fraction of sp³-hybridized carbons (Fsp3) is 0. The highest BCUT2D eigenvalue weighted by molar-refractivity contribution is 6.33. The molecular formula is C12H5ClF4N2O2. The summed E-state index contributed by atoms with van der Waals surface area (Å²) >= 11 is 5.62. The van der Waals surface area contributed by atoms with Crippen LogP contribution >= 0.6 is 11.6 Å². The number of anilines is 2. The number of nitrogens with zero attached hydrogens (tertiary/aromatic N) is 1. The summed E-state index contributed by atoms with van der Waals surface area (Å²) in [4.78, 5) is 9.99. The highest BCUT2D eigenvalue weighted by Crippen LogP contribution is 2.36. The van der Waals surface area contributed by atoms with Crippen LogP contribution in [-0.4, -0.2) is 4.92 Å². The normalized spacial score (nSPS) is 10.5. The molecule has 0 bridgehead atoms. The van der Waals surface area contributed by atoms with Gasteiger partial charge in [0.25, 0.3) is 0 Å². The minimum absolute atomic E-state index is 0.0300. The van der Waals surface area contributed by atoms with Crippen LogP contribution in [0.1, 0.15) is 0 Å². The topological polar surface area (TPSA) is 55.2 Å². The van der Waals surface area contributed by atoms with E-state index in [1.54, 1.807) is 0 Å². The maximum absolute atomic E-state index is 13.5. The molecule has 0 aliphatic carbocycles. The molecule has 0 saturated heterocycles. The van der Waals surface area contributed by atoms with Gasteiger partial charge in [-0.05, 0) is 12.1 Å². The summed E-state index contributed by atoms with van der Waals surface area (Å²) in [7, 11) is 0. The molecule has 0 aliphatic rings. The maximum Gasteiger partial charge on any atom is 0.311 e. The molecule has 1 N–H and O–H groups in total. The SMILES string of the molecule is O=[N+]([O-])c1c(Cl)cccc1Nc1c(F)c(F)cc(F)c1F. The highest BCUT2D eigenvalue weighted by Gasteiger charge is 2.24. The lowest BCUT2D eigenvalue weighted by atomic mass is 10.2. The number of rotatable bonds is 3. The average molecular weight is 321 g/mol. The van der Waals surface area contributed by atoms with Gasteiger partial charge in [-0.2, -0.15) is 0 Å². The lowest BCUT2D eigenvalue weighted by Crippen LogP contribution is -2.05. The Kier molecular flexibility index (Phi) is 3.99. The van der Waals surface area contributed by atoms with E-state index < -0.39 is 45.3 Å². The maximum atomic E-state index is 13.5. The number of nitro benzene ring substituents is 1. The van der Waals surface area contributed by atoms with Gasteiger partial charge >= 0.3 is 5.69 Å². The van der Waals surface area contributed by atoms with Gasteiger partial charge < -0.3 is 5.32 Å². The average Bonchev–Trinajstić information content (AvgIpc) is 2.41. The largest absolute Gasteiger partial charge is 0.345 e. The van der Waals surface area contributed by atoms with Crippen molar-refractivity contribution < 1.29 is 22.5 Å². The molecule has 2 aromatic carbocycles. The molecule has 110 valence electrons. The van der Waals surface area contributed by atoms with E-state index in [0.29, 0.717) is 0 Å². The van der Waals surface area contributed by atoms with Gasteiger partial charge in [0.2, 0.25) is 0 Å². The number of halogens is 5. The first-order valence-corrected chi connectivity index (χ1v) is 5.73. The quantitative estimate of drug-likeness (QED) is 0.391. The van der Waals surface area contributed by atoms with Crippen LogP contribution in [0.15, 0.2) is 24.3 Å². The molecule has 0 fully saturated rings. The van der Waals surface area contributed by atoms with E-state index in [1.165, 1.54) is 12.1 Å².